The highest BCUT2D eigenvalue weighted by molar-refractivity contribution is 9.10. The minimum Gasteiger partial charge on any atom is -0.383 e. The summed E-state index contributed by atoms with van der Waals surface area (Å²) in [5.41, 5.74) is 7.78. The molecular weight excluding hydrogens is 333 g/mol. The molecule has 0 fully saturated rings. The highest BCUT2D eigenvalue weighted by Gasteiger charge is 2.11. The van der Waals surface area contributed by atoms with E-state index in [2.05, 4.69) is 21.2 Å². The van der Waals surface area contributed by atoms with Crippen molar-refractivity contribution in [2.75, 3.05) is 11.9 Å². The summed E-state index contributed by atoms with van der Waals surface area (Å²) in [7, 11) is 0. The van der Waals surface area contributed by atoms with Crippen LogP contribution in [0.1, 0.15) is 23.6 Å². The number of hydrogen-bond donors (Lipinski definition) is 2. The van der Waals surface area contributed by atoms with Crippen molar-refractivity contribution in [2.45, 2.75) is 12.5 Å². The molecule has 0 saturated carbocycles. The molecule has 5 heteroatoms. The lowest BCUT2D eigenvalue weighted by Crippen LogP contribution is -2.15. The average molecular weight is 348 g/mol. The van der Waals surface area contributed by atoms with Gasteiger partial charge in [-0.05, 0) is 40.0 Å². The van der Waals surface area contributed by atoms with Gasteiger partial charge in [0.2, 0.25) is 0 Å². The summed E-state index contributed by atoms with van der Waals surface area (Å²) in [6.45, 7) is 0.547. The van der Waals surface area contributed by atoms with Crippen LogP contribution < -0.4 is 11.1 Å². The molecule has 3 N–H and O–H groups in total. The number of rotatable bonds is 5. The lowest BCUT2D eigenvalue weighted by molar-refractivity contribution is 0.619. The molecule has 1 atom stereocenters. The zero-order chi connectivity index (χ0) is 15.2. The summed E-state index contributed by atoms with van der Waals surface area (Å²) in [5.74, 6) is -0.456. The zero-order valence-electron chi connectivity index (χ0n) is 11.3. The van der Waals surface area contributed by atoms with Crippen molar-refractivity contribution in [3.8, 4) is 6.07 Å². The van der Waals surface area contributed by atoms with Crippen molar-refractivity contribution in [3.05, 3.63) is 63.9 Å². The van der Waals surface area contributed by atoms with E-state index in [-0.39, 0.29) is 16.1 Å². The van der Waals surface area contributed by atoms with Crippen LogP contribution in [0.4, 0.5) is 10.1 Å². The third-order valence-electron chi connectivity index (χ3n) is 3.20. The fourth-order valence-corrected chi connectivity index (χ4v) is 2.44. The monoisotopic (exact) mass is 347 g/mol. The molecule has 0 spiro atoms. The molecule has 0 saturated heterocycles. The maximum Gasteiger partial charge on any atom is 0.161 e. The molecule has 3 nitrogen and oxygen atoms in total. The molecule has 0 radical (unpaired) electrons. The highest BCUT2D eigenvalue weighted by atomic mass is 79.9. The molecule has 0 aliphatic rings. The average Bonchev–Trinajstić information content (AvgIpc) is 2.52. The molecule has 0 aliphatic heterocycles. The summed E-state index contributed by atoms with van der Waals surface area (Å²) < 4.78 is 14.2. The molecule has 0 bridgehead atoms. The van der Waals surface area contributed by atoms with Crippen LogP contribution in [-0.4, -0.2) is 6.54 Å². The highest BCUT2D eigenvalue weighted by Crippen LogP contribution is 2.26. The van der Waals surface area contributed by atoms with Crippen molar-refractivity contribution in [1.82, 2.24) is 0 Å². The number of anilines is 1. The third kappa shape index (κ3) is 3.81. The number of nitrogens with one attached hydrogen (secondary N) is 1. The topological polar surface area (TPSA) is 61.8 Å². The van der Waals surface area contributed by atoms with Gasteiger partial charge < -0.3 is 11.1 Å². The van der Waals surface area contributed by atoms with E-state index in [1.165, 1.54) is 0 Å². The number of nitrogens with two attached hydrogens (primary N) is 1. The maximum absolute atomic E-state index is 14.0. The fraction of sp³-hybridized carbons (Fsp3) is 0.188. The quantitative estimate of drug-likeness (QED) is 0.860. The van der Waals surface area contributed by atoms with Gasteiger partial charge in [0, 0.05) is 12.6 Å². The Morgan fingerprint density at radius 2 is 1.95 bits per heavy atom. The number of hydrogen-bond acceptors (Lipinski definition) is 3. The normalized spacial score (nSPS) is 11.7. The van der Waals surface area contributed by atoms with Gasteiger partial charge >= 0.3 is 0 Å². The van der Waals surface area contributed by atoms with Crippen LogP contribution in [0.5, 0.6) is 0 Å². The number of nitrogens with zero attached hydrogens (tertiary/aromatic N) is 1. The molecule has 2 aromatic rings. The van der Waals surface area contributed by atoms with Gasteiger partial charge in [-0.3, -0.25) is 0 Å². The van der Waals surface area contributed by atoms with Crippen LogP contribution in [0, 0.1) is 17.1 Å². The number of benzene rings is 2. The minimum atomic E-state index is -0.456. The smallest absolute Gasteiger partial charge is 0.161 e. The first kappa shape index (κ1) is 15.5. The van der Waals surface area contributed by atoms with E-state index in [1.807, 2.05) is 36.4 Å². The predicted octanol–water partition coefficient (Wildman–Crippen LogP) is 3.96. The Morgan fingerprint density at radius 1 is 1.24 bits per heavy atom. The van der Waals surface area contributed by atoms with E-state index in [4.69, 9.17) is 11.0 Å². The van der Waals surface area contributed by atoms with Gasteiger partial charge in [0.05, 0.1) is 15.7 Å². The summed E-state index contributed by atoms with van der Waals surface area (Å²) in [6, 6.07) is 14.8. The molecule has 0 aliphatic carbocycles. The van der Waals surface area contributed by atoms with Gasteiger partial charge in [0.1, 0.15) is 6.07 Å². The summed E-state index contributed by atoms with van der Waals surface area (Å²) in [4.78, 5) is 0. The first-order valence-corrected chi connectivity index (χ1v) is 7.35. The minimum absolute atomic E-state index is 0.0939. The Kier molecular flexibility index (Phi) is 5.32. The molecule has 0 aromatic heterocycles. The van der Waals surface area contributed by atoms with E-state index in [1.54, 1.807) is 12.1 Å². The van der Waals surface area contributed by atoms with Crippen molar-refractivity contribution in [1.29, 1.82) is 5.26 Å². The van der Waals surface area contributed by atoms with Gasteiger partial charge in [-0.1, -0.05) is 30.3 Å². The van der Waals surface area contributed by atoms with Crippen LogP contribution in [-0.2, 0) is 0 Å². The largest absolute Gasteiger partial charge is 0.383 e. The lowest BCUT2D eigenvalue weighted by atomic mass is 10.1. The fourth-order valence-electron chi connectivity index (χ4n) is 2.00. The number of nitriles is 1. The van der Waals surface area contributed by atoms with Gasteiger partial charge in [0.15, 0.2) is 5.82 Å². The van der Waals surface area contributed by atoms with Gasteiger partial charge in [0.25, 0.3) is 0 Å². The molecule has 2 rings (SSSR count). The predicted molar refractivity (Wildman–Crippen MR) is 85.3 cm³/mol. The van der Waals surface area contributed by atoms with Gasteiger partial charge in [-0.25, -0.2) is 4.39 Å². The lowest BCUT2D eigenvalue weighted by Gasteiger charge is -2.14. The van der Waals surface area contributed by atoms with Gasteiger partial charge in [-0.15, -0.1) is 0 Å². The first-order chi connectivity index (χ1) is 10.1. The Hall–Kier alpha value is -1.90. The molecule has 108 valence electrons. The standard InChI is InChI=1S/C16H15BrFN3/c17-15-12(10-19)6-7-14(16(15)18)21-9-8-13(20)11-4-2-1-3-5-11/h1-7,13,21H,8-9,20H2. The zero-order valence-corrected chi connectivity index (χ0v) is 12.9. The van der Waals surface area contributed by atoms with E-state index in [0.29, 0.717) is 18.7 Å². The second kappa shape index (κ2) is 7.21. The summed E-state index contributed by atoms with van der Waals surface area (Å²) in [6.07, 6.45) is 0.682. The Morgan fingerprint density at radius 3 is 2.62 bits per heavy atom. The van der Waals surface area contributed by atoms with Crippen LogP contribution >= 0.6 is 15.9 Å². The third-order valence-corrected chi connectivity index (χ3v) is 3.98. The second-order valence-corrected chi connectivity index (χ2v) is 5.43. The van der Waals surface area contributed by atoms with Crippen LogP contribution in [0.2, 0.25) is 0 Å². The van der Waals surface area contributed by atoms with Crippen LogP contribution in [0.3, 0.4) is 0 Å². The molecule has 1 unspecified atom stereocenters. The Bertz CT molecular complexity index is 653. The van der Waals surface area contributed by atoms with Crippen molar-refractivity contribution >= 4 is 21.6 Å². The molecular formula is C16H15BrFN3. The summed E-state index contributed by atoms with van der Waals surface area (Å²) in [5, 5.41) is 11.8. The van der Waals surface area contributed by atoms with E-state index >= 15 is 0 Å². The molecule has 0 heterocycles. The van der Waals surface area contributed by atoms with Crippen molar-refractivity contribution < 1.29 is 4.39 Å². The Labute approximate surface area is 131 Å². The summed E-state index contributed by atoms with van der Waals surface area (Å²) >= 11 is 3.09. The van der Waals surface area contributed by atoms with Crippen LogP contribution in [0.15, 0.2) is 46.9 Å². The SMILES string of the molecule is N#Cc1ccc(NCCC(N)c2ccccc2)c(F)c1Br. The molecule has 0 amide bonds. The second-order valence-electron chi connectivity index (χ2n) is 4.63. The molecule has 21 heavy (non-hydrogen) atoms. The van der Waals surface area contributed by atoms with Crippen molar-refractivity contribution in [3.63, 3.8) is 0 Å². The first-order valence-electron chi connectivity index (χ1n) is 6.56. The van der Waals surface area contributed by atoms with E-state index < -0.39 is 5.82 Å². The number of halogens is 2. The van der Waals surface area contributed by atoms with Gasteiger partial charge in [-0.2, -0.15) is 5.26 Å². The maximum atomic E-state index is 14.0. The van der Waals surface area contributed by atoms with Crippen molar-refractivity contribution in [2.24, 2.45) is 5.73 Å². The van der Waals surface area contributed by atoms with E-state index in [9.17, 15) is 4.39 Å². The molecule has 2 aromatic carbocycles. The van der Waals surface area contributed by atoms with E-state index in [0.717, 1.165) is 5.56 Å². The van der Waals surface area contributed by atoms with Crippen LogP contribution in [0.25, 0.3) is 0 Å². The Balaban J connectivity index is 1.95.